The summed E-state index contributed by atoms with van der Waals surface area (Å²) in [5.41, 5.74) is 0.799. The van der Waals surface area contributed by atoms with E-state index < -0.39 is 0 Å². The molecule has 2 bridgehead atoms. The first-order valence-corrected chi connectivity index (χ1v) is 7.48. The monoisotopic (exact) mass is 261 g/mol. The molecule has 1 amide bonds. The fourth-order valence-corrected chi connectivity index (χ4v) is 3.49. The van der Waals surface area contributed by atoms with E-state index in [0.717, 1.165) is 31.5 Å². The molecule has 4 nitrogen and oxygen atoms in total. The predicted molar refractivity (Wildman–Crippen MR) is 75.2 cm³/mol. The first-order valence-electron chi connectivity index (χ1n) is 7.48. The third-order valence-corrected chi connectivity index (χ3v) is 4.33. The minimum atomic E-state index is 0.0877. The van der Waals surface area contributed by atoms with E-state index >= 15 is 0 Å². The Labute approximate surface area is 114 Å². The van der Waals surface area contributed by atoms with Gasteiger partial charge in [0.25, 0.3) is 5.91 Å². The van der Waals surface area contributed by atoms with Gasteiger partial charge in [-0.1, -0.05) is 6.92 Å². The summed E-state index contributed by atoms with van der Waals surface area (Å²) in [7, 11) is 0. The highest BCUT2D eigenvalue weighted by molar-refractivity contribution is 5.92. The van der Waals surface area contributed by atoms with E-state index in [1.165, 1.54) is 12.8 Å². The minimum absolute atomic E-state index is 0.0877. The molecule has 2 aliphatic heterocycles. The van der Waals surface area contributed by atoms with Crippen molar-refractivity contribution in [1.82, 2.24) is 15.2 Å². The van der Waals surface area contributed by atoms with Crippen molar-refractivity contribution in [3.05, 3.63) is 24.0 Å². The normalized spacial score (nSPS) is 29.4. The molecule has 2 atom stereocenters. The number of aryl methyl sites for hydroxylation is 1. The maximum absolute atomic E-state index is 12.4. The van der Waals surface area contributed by atoms with Crippen molar-refractivity contribution in [2.45, 2.75) is 63.7 Å². The van der Waals surface area contributed by atoms with Crippen LogP contribution < -0.4 is 10.6 Å². The number of hydrogen-bond donors (Lipinski definition) is 2. The number of aromatic nitrogens is 1. The van der Waals surface area contributed by atoms with Crippen molar-refractivity contribution >= 4 is 5.91 Å². The number of piperidine rings is 1. The first-order chi connectivity index (χ1) is 9.26. The molecule has 1 aromatic heterocycles. The van der Waals surface area contributed by atoms with Gasteiger partial charge < -0.3 is 15.2 Å². The Morgan fingerprint density at radius 2 is 2.16 bits per heavy atom. The van der Waals surface area contributed by atoms with Gasteiger partial charge in [0, 0.05) is 30.9 Å². The van der Waals surface area contributed by atoms with E-state index in [9.17, 15) is 4.79 Å². The molecule has 3 rings (SSSR count). The average molecular weight is 261 g/mol. The summed E-state index contributed by atoms with van der Waals surface area (Å²) in [5, 5.41) is 6.82. The van der Waals surface area contributed by atoms with Crippen LogP contribution in [0, 0.1) is 0 Å². The van der Waals surface area contributed by atoms with Gasteiger partial charge in [0.2, 0.25) is 0 Å². The molecule has 104 valence electrons. The van der Waals surface area contributed by atoms with Crippen LogP contribution in [0.4, 0.5) is 0 Å². The summed E-state index contributed by atoms with van der Waals surface area (Å²) in [6.07, 6.45) is 7.73. The van der Waals surface area contributed by atoms with E-state index in [-0.39, 0.29) is 5.91 Å². The largest absolute Gasteiger partial charge is 0.348 e. The van der Waals surface area contributed by atoms with Crippen molar-refractivity contribution in [1.29, 1.82) is 0 Å². The Morgan fingerprint density at radius 3 is 2.84 bits per heavy atom. The van der Waals surface area contributed by atoms with Crippen molar-refractivity contribution < 1.29 is 4.79 Å². The fraction of sp³-hybridized carbons (Fsp3) is 0.667. The zero-order chi connectivity index (χ0) is 13.2. The Bertz CT molecular complexity index is 442. The highest BCUT2D eigenvalue weighted by Gasteiger charge is 2.34. The zero-order valence-corrected chi connectivity index (χ0v) is 11.6. The zero-order valence-electron chi connectivity index (χ0n) is 11.6. The summed E-state index contributed by atoms with van der Waals surface area (Å²) >= 11 is 0. The van der Waals surface area contributed by atoms with Crippen LogP contribution >= 0.6 is 0 Å². The maximum atomic E-state index is 12.4. The molecule has 0 aromatic carbocycles. The van der Waals surface area contributed by atoms with Gasteiger partial charge in [0.1, 0.15) is 5.69 Å². The smallest absolute Gasteiger partial charge is 0.268 e. The predicted octanol–water partition coefficient (Wildman–Crippen LogP) is 1.91. The molecule has 2 fully saturated rings. The average Bonchev–Trinajstić information content (AvgIpc) is 2.97. The number of fused-ring (bicyclic) bond motifs is 2. The molecular formula is C15H23N3O. The lowest BCUT2D eigenvalue weighted by Gasteiger charge is -2.29. The number of amides is 1. The second-order valence-corrected chi connectivity index (χ2v) is 5.87. The topological polar surface area (TPSA) is 46.1 Å². The number of nitrogens with zero attached hydrogens (tertiary/aromatic N) is 1. The van der Waals surface area contributed by atoms with Crippen molar-refractivity contribution in [3.8, 4) is 0 Å². The van der Waals surface area contributed by atoms with Gasteiger partial charge in [0.05, 0.1) is 0 Å². The summed E-state index contributed by atoms with van der Waals surface area (Å²) in [6.45, 7) is 3.04. The van der Waals surface area contributed by atoms with E-state index in [4.69, 9.17) is 0 Å². The molecule has 3 heterocycles. The quantitative estimate of drug-likeness (QED) is 0.869. The summed E-state index contributed by atoms with van der Waals surface area (Å²) in [4.78, 5) is 12.4. The molecule has 2 N–H and O–H groups in total. The minimum Gasteiger partial charge on any atom is -0.348 e. The molecule has 2 aliphatic rings. The summed E-state index contributed by atoms with van der Waals surface area (Å²) in [5.74, 6) is 0.0877. The highest BCUT2D eigenvalue weighted by atomic mass is 16.2. The van der Waals surface area contributed by atoms with Crippen LogP contribution in [0.3, 0.4) is 0 Å². The third kappa shape index (κ3) is 2.68. The van der Waals surface area contributed by atoms with Crippen LogP contribution in [-0.2, 0) is 6.54 Å². The second kappa shape index (κ2) is 5.37. The molecule has 4 heteroatoms. The lowest BCUT2D eigenvalue weighted by atomic mass is 10.00. The molecule has 19 heavy (non-hydrogen) atoms. The van der Waals surface area contributed by atoms with Crippen LogP contribution in [0.5, 0.6) is 0 Å². The van der Waals surface area contributed by atoms with Crippen LogP contribution in [0.15, 0.2) is 18.3 Å². The van der Waals surface area contributed by atoms with E-state index in [1.807, 2.05) is 22.9 Å². The van der Waals surface area contributed by atoms with Gasteiger partial charge in [-0.2, -0.15) is 0 Å². The van der Waals surface area contributed by atoms with Gasteiger partial charge in [-0.3, -0.25) is 4.79 Å². The highest BCUT2D eigenvalue weighted by Crippen LogP contribution is 2.26. The lowest BCUT2D eigenvalue weighted by Crippen LogP contribution is -2.48. The molecule has 0 aliphatic carbocycles. The van der Waals surface area contributed by atoms with Crippen molar-refractivity contribution in [2.24, 2.45) is 0 Å². The van der Waals surface area contributed by atoms with E-state index in [2.05, 4.69) is 17.6 Å². The van der Waals surface area contributed by atoms with E-state index in [1.54, 1.807) is 0 Å². The first kappa shape index (κ1) is 12.7. The van der Waals surface area contributed by atoms with Gasteiger partial charge in [-0.25, -0.2) is 0 Å². The Balaban J connectivity index is 1.63. The van der Waals surface area contributed by atoms with Gasteiger partial charge in [-0.05, 0) is 44.2 Å². The number of hydrogen-bond acceptors (Lipinski definition) is 2. The molecule has 0 spiro atoms. The molecule has 0 saturated carbocycles. The van der Waals surface area contributed by atoms with Gasteiger partial charge in [0.15, 0.2) is 0 Å². The maximum Gasteiger partial charge on any atom is 0.268 e. The number of carbonyl (C=O) groups excluding carboxylic acids is 1. The Kier molecular flexibility index (Phi) is 3.60. The molecular weight excluding hydrogens is 238 g/mol. The second-order valence-electron chi connectivity index (χ2n) is 5.87. The molecule has 2 unspecified atom stereocenters. The molecule has 1 aromatic rings. The van der Waals surface area contributed by atoms with E-state index in [0.29, 0.717) is 18.1 Å². The SMILES string of the molecule is CCCn1cccc1C(=O)NC1CC2CCC(C1)N2. The Morgan fingerprint density at radius 1 is 1.42 bits per heavy atom. The summed E-state index contributed by atoms with van der Waals surface area (Å²) in [6, 6.07) is 5.45. The molecule has 2 saturated heterocycles. The number of nitrogens with one attached hydrogen (secondary N) is 2. The van der Waals surface area contributed by atoms with Crippen molar-refractivity contribution in [3.63, 3.8) is 0 Å². The van der Waals surface area contributed by atoms with Crippen LogP contribution in [0.25, 0.3) is 0 Å². The third-order valence-electron chi connectivity index (χ3n) is 4.33. The fourth-order valence-electron chi connectivity index (χ4n) is 3.49. The van der Waals surface area contributed by atoms with Crippen LogP contribution in [-0.4, -0.2) is 28.6 Å². The molecule has 0 radical (unpaired) electrons. The van der Waals surface area contributed by atoms with Gasteiger partial charge >= 0.3 is 0 Å². The Hall–Kier alpha value is -1.29. The standard InChI is InChI=1S/C15H23N3O/c1-2-7-18-8-3-4-14(18)15(19)17-13-9-11-5-6-12(10-13)16-11/h3-4,8,11-13,16H,2,5-7,9-10H2,1H3,(H,17,19). The number of carbonyl (C=O) groups is 1. The summed E-state index contributed by atoms with van der Waals surface area (Å²) < 4.78 is 2.05. The number of rotatable bonds is 4. The van der Waals surface area contributed by atoms with Crippen molar-refractivity contribution in [2.75, 3.05) is 0 Å². The van der Waals surface area contributed by atoms with Crippen LogP contribution in [0.1, 0.15) is 49.5 Å². The van der Waals surface area contributed by atoms with Crippen LogP contribution in [0.2, 0.25) is 0 Å². The van der Waals surface area contributed by atoms with Gasteiger partial charge in [-0.15, -0.1) is 0 Å². The lowest BCUT2D eigenvalue weighted by molar-refractivity contribution is 0.0914.